The van der Waals surface area contributed by atoms with Crippen molar-refractivity contribution < 1.29 is 83.4 Å². The molecule has 0 bridgehead atoms. The molecule has 0 aliphatic carbocycles. The van der Waals surface area contributed by atoms with Crippen LogP contribution in [0.5, 0.6) is 0 Å². The van der Waals surface area contributed by atoms with E-state index in [0.29, 0.717) is 12.8 Å². The molecule has 51 heavy (non-hydrogen) atoms. The van der Waals surface area contributed by atoms with E-state index in [9.17, 15) is 22.6 Å². The SMILES string of the molecule is C=CCCCCCCCCCCCCCCCOC(=O)c1cccc(S(=O)(=O)[O-])c1C(=O)OCCCCCCCCCCCCCCCC=C.[K+]. The van der Waals surface area contributed by atoms with Gasteiger partial charge in [0, 0.05) is 0 Å². The summed E-state index contributed by atoms with van der Waals surface area (Å²) in [5.41, 5.74) is -0.784. The van der Waals surface area contributed by atoms with Gasteiger partial charge in [0.15, 0.2) is 0 Å². The molecule has 0 saturated heterocycles. The summed E-state index contributed by atoms with van der Waals surface area (Å²) in [6, 6.07) is 3.61. The Morgan fingerprint density at radius 2 is 0.843 bits per heavy atom. The molecule has 0 unspecified atom stereocenters. The Morgan fingerprint density at radius 3 is 1.18 bits per heavy atom. The number of benzene rings is 1. The van der Waals surface area contributed by atoms with E-state index >= 15 is 0 Å². The van der Waals surface area contributed by atoms with Crippen LogP contribution < -0.4 is 51.4 Å². The quantitative estimate of drug-likeness (QED) is 0.0223. The van der Waals surface area contributed by atoms with Crippen molar-refractivity contribution in [3.05, 3.63) is 54.6 Å². The predicted molar refractivity (Wildman–Crippen MR) is 205 cm³/mol. The summed E-state index contributed by atoms with van der Waals surface area (Å²) in [4.78, 5) is 25.1. The van der Waals surface area contributed by atoms with Gasteiger partial charge in [-0.25, -0.2) is 18.0 Å². The van der Waals surface area contributed by atoms with Crippen molar-refractivity contribution in [1.82, 2.24) is 0 Å². The molecule has 0 saturated carbocycles. The fourth-order valence-corrected chi connectivity index (χ4v) is 6.96. The zero-order chi connectivity index (χ0) is 36.5. The van der Waals surface area contributed by atoms with E-state index in [-0.39, 0.29) is 70.2 Å². The van der Waals surface area contributed by atoms with Crippen LogP contribution in [0.4, 0.5) is 0 Å². The second-order valence-electron chi connectivity index (χ2n) is 13.8. The first-order valence-electron chi connectivity index (χ1n) is 20.0. The number of carbonyl (C=O) groups excluding carboxylic acids is 2. The maximum atomic E-state index is 13.0. The molecule has 0 radical (unpaired) electrons. The molecule has 1 aromatic rings. The van der Waals surface area contributed by atoms with Crippen molar-refractivity contribution in [1.29, 1.82) is 0 Å². The molecule has 0 spiro atoms. The van der Waals surface area contributed by atoms with E-state index in [1.54, 1.807) is 0 Å². The standard InChI is InChI=1S/C42H70O7S.K/c1-3-5-7-9-11-13-15-17-19-21-23-25-27-29-31-36-48-41(43)38-34-33-35-39(50(45,46)47)40(38)42(44)49-37-32-30-28-26-24-22-20-18-16-14-12-10-8-6-4-2;/h3-4,33-35H,1-2,5-32,36-37H2,(H,45,46,47);/q;+1/p-1. The van der Waals surface area contributed by atoms with Crippen molar-refractivity contribution in [3.8, 4) is 0 Å². The molecule has 286 valence electrons. The summed E-state index contributed by atoms with van der Waals surface area (Å²) in [6.45, 7) is 7.78. The number of rotatable bonds is 35. The van der Waals surface area contributed by atoms with Gasteiger partial charge in [-0.2, -0.15) is 0 Å². The molecule has 1 rings (SSSR count). The summed E-state index contributed by atoms with van der Waals surface area (Å²) < 4.78 is 46.6. The van der Waals surface area contributed by atoms with Gasteiger partial charge in [-0.3, -0.25) is 0 Å². The first kappa shape index (κ1) is 50.2. The zero-order valence-corrected chi connectivity index (χ0v) is 36.2. The van der Waals surface area contributed by atoms with Gasteiger partial charge in [0.1, 0.15) is 10.1 Å². The number of esters is 2. The van der Waals surface area contributed by atoms with Gasteiger partial charge >= 0.3 is 63.3 Å². The van der Waals surface area contributed by atoms with Gasteiger partial charge in [0.05, 0.1) is 29.2 Å². The van der Waals surface area contributed by atoms with Crippen molar-refractivity contribution in [2.24, 2.45) is 0 Å². The predicted octanol–water partition coefficient (Wildman–Crippen LogP) is 9.20. The minimum Gasteiger partial charge on any atom is -0.744 e. The normalized spacial score (nSPS) is 11.2. The Kier molecular flexibility index (Phi) is 34.4. The number of unbranched alkanes of at least 4 members (excludes halogenated alkanes) is 26. The van der Waals surface area contributed by atoms with E-state index in [1.807, 2.05) is 12.2 Å². The Balaban J connectivity index is 0.0000250. The number of carbonyl (C=O) groups is 2. The summed E-state index contributed by atoms with van der Waals surface area (Å²) in [6.07, 6.45) is 36.8. The third kappa shape index (κ3) is 27.4. The van der Waals surface area contributed by atoms with E-state index in [2.05, 4.69) is 13.2 Å². The molecule has 0 fully saturated rings. The minimum atomic E-state index is -5.01. The Morgan fingerprint density at radius 1 is 0.529 bits per heavy atom. The van der Waals surface area contributed by atoms with E-state index < -0.39 is 32.5 Å². The van der Waals surface area contributed by atoms with Gasteiger partial charge in [-0.05, 0) is 50.7 Å². The Hall–Kier alpha value is -0.814. The van der Waals surface area contributed by atoms with Gasteiger partial charge in [-0.15, -0.1) is 13.2 Å². The maximum Gasteiger partial charge on any atom is 1.00 e. The number of hydrogen-bond acceptors (Lipinski definition) is 7. The molecule has 1 aromatic carbocycles. The van der Waals surface area contributed by atoms with Crippen LogP contribution in [0.3, 0.4) is 0 Å². The average molecular weight is 757 g/mol. The van der Waals surface area contributed by atoms with Crippen LogP contribution in [-0.2, 0) is 19.6 Å². The fourth-order valence-electron chi connectivity index (χ4n) is 6.27. The van der Waals surface area contributed by atoms with Crippen molar-refractivity contribution in [3.63, 3.8) is 0 Å². The van der Waals surface area contributed by atoms with Crippen molar-refractivity contribution in [2.45, 2.75) is 185 Å². The van der Waals surface area contributed by atoms with Crippen LogP contribution in [-0.4, -0.2) is 38.1 Å². The van der Waals surface area contributed by atoms with Crippen LogP contribution >= 0.6 is 0 Å². The van der Waals surface area contributed by atoms with E-state index in [4.69, 9.17) is 9.47 Å². The van der Waals surface area contributed by atoms with E-state index in [0.717, 1.165) is 57.4 Å². The topological polar surface area (TPSA) is 110 Å². The summed E-state index contributed by atoms with van der Waals surface area (Å²) in [7, 11) is -5.01. The molecule has 0 heterocycles. The molecule has 7 nitrogen and oxygen atoms in total. The number of hydrogen-bond donors (Lipinski definition) is 0. The van der Waals surface area contributed by atoms with Gasteiger partial charge in [-0.1, -0.05) is 159 Å². The second kappa shape index (κ2) is 34.9. The van der Waals surface area contributed by atoms with E-state index in [1.165, 1.54) is 128 Å². The number of ether oxygens (including phenoxy) is 2. The third-order valence-electron chi connectivity index (χ3n) is 9.29. The Bertz CT molecular complexity index is 1150. The van der Waals surface area contributed by atoms with Crippen LogP contribution in [0.25, 0.3) is 0 Å². The molecular formula is C42H69KO7S. The molecular weight excluding hydrogens is 688 g/mol. The molecule has 0 aliphatic heterocycles. The first-order valence-corrected chi connectivity index (χ1v) is 21.4. The fraction of sp³-hybridized carbons (Fsp3) is 0.714. The first-order chi connectivity index (χ1) is 24.3. The molecule has 0 amide bonds. The molecule has 9 heteroatoms. The van der Waals surface area contributed by atoms with Crippen LogP contribution in [0, 0.1) is 0 Å². The van der Waals surface area contributed by atoms with Gasteiger partial charge < -0.3 is 14.0 Å². The van der Waals surface area contributed by atoms with Crippen LogP contribution in [0.1, 0.15) is 200 Å². The van der Waals surface area contributed by atoms with Crippen molar-refractivity contribution in [2.75, 3.05) is 13.2 Å². The summed E-state index contributed by atoms with van der Waals surface area (Å²) >= 11 is 0. The summed E-state index contributed by atoms with van der Waals surface area (Å²) in [5.74, 6) is -1.82. The average Bonchev–Trinajstić information content (AvgIpc) is 3.10. The Labute approximate surface area is 354 Å². The summed E-state index contributed by atoms with van der Waals surface area (Å²) in [5, 5.41) is 0. The maximum absolute atomic E-state index is 13.0. The van der Waals surface area contributed by atoms with Crippen LogP contribution in [0.2, 0.25) is 0 Å². The smallest absolute Gasteiger partial charge is 0.744 e. The second-order valence-corrected chi connectivity index (χ2v) is 15.1. The molecule has 0 aliphatic rings. The van der Waals surface area contributed by atoms with Crippen LogP contribution in [0.15, 0.2) is 48.4 Å². The molecule has 0 aromatic heterocycles. The minimum absolute atomic E-state index is 0. The number of allylic oxidation sites excluding steroid dienone is 2. The monoisotopic (exact) mass is 756 g/mol. The third-order valence-corrected chi connectivity index (χ3v) is 10.2. The molecule has 0 atom stereocenters. The van der Waals surface area contributed by atoms with Gasteiger partial charge in [0.2, 0.25) is 0 Å². The van der Waals surface area contributed by atoms with Gasteiger partial charge in [0.25, 0.3) is 0 Å². The van der Waals surface area contributed by atoms with Crippen molar-refractivity contribution >= 4 is 22.1 Å². The zero-order valence-electron chi connectivity index (χ0n) is 32.3. The molecule has 0 N–H and O–H groups in total. The largest absolute Gasteiger partial charge is 1.00 e.